The quantitative estimate of drug-likeness (QED) is 0.439. The minimum atomic E-state index is 0.547. The van der Waals surface area contributed by atoms with Crippen LogP contribution in [0.1, 0.15) is 5.69 Å². The second-order valence-corrected chi connectivity index (χ2v) is 5.73. The Morgan fingerprint density at radius 3 is 2.68 bits per heavy atom. The summed E-state index contributed by atoms with van der Waals surface area (Å²) < 4.78 is 0. The highest BCUT2D eigenvalue weighted by atomic mass is 35.5. The Balaban J connectivity index is 2.03. The molecule has 0 aliphatic carbocycles. The molecule has 22 heavy (non-hydrogen) atoms. The van der Waals surface area contributed by atoms with Gasteiger partial charge in [-0.05, 0) is 36.1 Å². The van der Waals surface area contributed by atoms with E-state index in [1.54, 1.807) is 0 Å². The summed E-state index contributed by atoms with van der Waals surface area (Å²) in [4.78, 5) is 8.90. The van der Waals surface area contributed by atoms with Crippen LogP contribution < -0.4 is 0 Å². The van der Waals surface area contributed by atoms with Gasteiger partial charge in [-0.25, -0.2) is 4.98 Å². The van der Waals surface area contributed by atoms with E-state index in [1.807, 2.05) is 43.5 Å². The molecule has 0 amide bonds. The maximum absolute atomic E-state index is 6.29. The number of para-hydroxylation sites is 1. The number of rotatable bonds is 1. The van der Waals surface area contributed by atoms with E-state index >= 15 is 0 Å². The van der Waals surface area contributed by atoms with Gasteiger partial charge < -0.3 is 0 Å². The topological polar surface area (TPSA) is 25.8 Å². The van der Waals surface area contributed by atoms with Gasteiger partial charge in [-0.2, -0.15) is 0 Å². The highest BCUT2D eigenvalue weighted by molar-refractivity contribution is 6.34. The standard InChI is InChI=1S/C19H13ClN2/c1-12-9-17-15(6-4-7-16(17)19(20)22-12)14-10-13-5-2-3-8-18(13)21-11-14/h2-11H,1H3. The zero-order chi connectivity index (χ0) is 15.1. The second-order valence-electron chi connectivity index (χ2n) is 5.37. The lowest BCUT2D eigenvalue weighted by atomic mass is 9.99. The van der Waals surface area contributed by atoms with Crippen LogP contribution in [0, 0.1) is 6.92 Å². The summed E-state index contributed by atoms with van der Waals surface area (Å²) in [5.41, 5.74) is 4.13. The Hall–Kier alpha value is -2.45. The van der Waals surface area contributed by atoms with E-state index in [-0.39, 0.29) is 0 Å². The third-order valence-electron chi connectivity index (χ3n) is 3.86. The number of benzene rings is 2. The van der Waals surface area contributed by atoms with Gasteiger partial charge in [0, 0.05) is 28.2 Å². The van der Waals surface area contributed by atoms with E-state index in [9.17, 15) is 0 Å². The maximum atomic E-state index is 6.29. The summed E-state index contributed by atoms with van der Waals surface area (Å²) in [6.07, 6.45) is 1.92. The lowest BCUT2D eigenvalue weighted by molar-refractivity contribution is 1.22. The van der Waals surface area contributed by atoms with E-state index < -0.39 is 0 Å². The number of aromatic nitrogens is 2. The summed E-state index contributed by atoms with van der Waals surface area (Å²) in [7, 11) is 0. The van der Waals surface area contributed by atoms with Crippen molar-refractivity contribution in [2.45, 2.75) is 6.92 Å². The Kier molecular flexibility index (Phi) is 3.05. The van der Waals surface area contributed by atoms with Crippen molar-refractivity contribution in [3.63, 3.8) is 0 Å². The van der Waals surface area contributed by atoms with Crippen LogP contribution in [0.15, 0.2) is 60.8 Å². The molecule has 2 nitrogen and oxygen atoms in total. The smallest absolute Gasteiger partial charge is 0.137 e. The van der Waals surface area contributed by atoms with Crippen molar-refractivity contribution in [1.82, 2.24) is 9.97 Å². The van der Waals surface area contributed by atoms with Crippen LogP contribution >= 0.6 is 11.6 Å². The number of fused-ring (bicyclic) bond motifs is 2. The molecule has 0 spiro atoms. The van der Waals surface area contributed by atoms with Crippen LogP contribution in [0.5, 0.6) is 0 Å². The van der Waals surface area contributed by atoms with E-state index in [2.05, 4.69) is 34.2 Å². The van der Waals surface area contributed by atoms with Crippen molar-refractivity contribution in [3.05, 3.63) is 71.6 Å². The second kappa shape index (κ2) is 5.08. The van der Waals surface area contributed by atoms with Crippen molar-refractivity contribution < 1.29 is 0 Å². The average Bonchev–Trinajstić information content (AvgIpc) is 2.54. The number of hydrogen-bond acceptors (Lipinski definition) is 2. The fraction of sp³-hybridized carbons (Fsp3) is 0.0526. The zero-order valence-electron chi connectivity index (χ0n) is 12.0. The van der Waals surface area contributed by atoms with Crippen LogP contribution in [0.4, 0.5) is 0 Å². The molecule has 2 aromatic carbocycles. The average molecular weight is 305 g/mol. The minimum absolute atomic E-state index is 0.547. The van der Waals surface area contributed by atoms with Gasteiger partial charge in [0.05, 0.1) is 5.52 Å². The van der Waals surface area contributed by atoms with Gasteiger partial charge in [0.2, 0.25) is 0 Å². The van der Waals surface area contributed by atoms with E-state index in [1.165, 1.54) is 0 Å². The summed E-state index contributed by atoms with van der Waals surface area (Å²) in [5, 5.41) is 3.76. The van der Waals surface area contributed by atoms with Crippen LogP contribution in [-0.2, 0) is 0 Å². The number of pyridine rings is 2. The molecule has 0 aliphatic heterocycles. The summed E-state index contributed by atoms with van der Waals surface area (Å²) >= 11 is 6.29. The predicted octanol–water partition coefficient (Wildman–Crippen LogP) is 5.41. The molecule has 0 atom stereocenters. The summed E-state index contributed by atoms with van der Waals surface area (Å²) in [6, 6.07) is 18.5. The largest absolute Gasteiger partial charge is 0.256 e. The lowest BCUT2D eigenvalue weighted by Gasteiger charge is -2.09. The first-order valence-electron chi connectivity index (χ1n) is 7.13. The SMILES string of the molecule is Cc1cc2c(-c3cnc4ccccc4c3)cccc2c(Cl)n1. The minimum Gasteiger partial charge on any atom is -0.256 e. The number of nitrogens with zero attached hydrogens (tertiary/aromatic N) is 2. The van der Waals surface area contributed by atoms with Crippen LogP contribution in [0.3, 0.4) is 0 Å². The first-order valence-corrected chi connectivity index (χ1v) is 7.51. The van der Waals surface area contributed by atoms with Crippen molar-refractivity contribution >= 4 is 33.3 Å². The molecule has 4 rings (SSSR count). The Bertz CT molecular complexity index is 1010. The van der Waals surface area contributed by atoms with Crippen LogP contribution in [0.25, 0.3) is 32.8 Å². The van der Waals surface area contributed by atoms with Gasteiger partial charge >= 0.3 is 0 Å². The first-order chi connectivity index (χ1) is 10.7. The van der Waals surface area contributed by atoms with Gasteiger partial charge in [0.25, 0.3) is 0 Å². The molecule has 0 radical (unpaired) electrons. The van der Waals surface area contributed by atoms with E-state index in [4.69, 9.17) is 11.6 Å². The number of hydrogen-bond donors (Lipinski definition) is 0. The molecule has 106 valence electrons. The number of halogens is 1. The van der Waals surface area contributed by atoms with Crippen molar-refractivity contribution in [2.75, 3.05) is 0 Å². The first kappa shape index (κ1) is 13.2. The lowest BCUT2D eigenvalue weighted by Crippen LogP contribution is -1.89. The van der Waals surface area contributed by atoms with Crippen molar-refractivity contribution in [1.29, 1.82) is 0 Å². The Morgan fingerprint density at radius 2 is 1.77 bits per heavy atom. The fourth-order valence-electron chi connectivity index (χ4n) is 2.83. The third-order valence-corrected chi connectivity index (χ3v) is 4.15. The van der Waals surface area contributed by atoms with Crippen LogP contribution in [-0.4, -0.2) is 9.97 Å². The van der Waals surface area contributed by atoms with Gasteiger partial charge in [-0.15, -0.1) is 0 Å². The normalized spacial score (nSPS) is 11.2. The Morgan fingerprint density at radius 1 is 0.909 bits per heavy atom. The molecule has 0 unspecified atom stereocenters. The Labute approximate surface area is 133 Å². The molecule has 0 saturated carbocycles. The highest BCUT2D eigenvalue weighted by Crippen LogP contribution is 2.32. The van der Waals surface area contributed by atoms with Gasteiger partial charge in [-0.3, -0.25) is 4.98 Å². The molecular weight excluding hydrogens is 292 g/mol. The van der Waals surface area contributed by atoms with Gasteiger partial charge in [-0.1, -0.05) is 48.0 Å². The molecule has 3 heteroatoms. The fourth-order valence-corrected chi connectivity index (χ4v) is 3.12. The molecule has 2 aromatic heterocycles. The van der Waals surface area contributed by atoms with Crippen molar-refractivity contribution in [3.8, 4) is 11.1 Å². The molecule has 2 heterocycles. The van der Waals surface area contributed by atoms with Gasteiger partial charge in [0.1, 0.15) is 5.15 Å². The highest BCUT2D eigenvalue weighted by Gasteiger charge is 2.09. The molecule has 4 aromatic rings. The number of aryl methyl sites for hydroxylation is 1. The zero-order valence-corrected chi connectivity index (χ0v) is 12.8. The van der Waals surface area contributed by atoms with Gasteiger partial charge in [0.15, 0.2) is 0 Å². The van der Waals surface area contributed by atoms with Crippen molar-refractivity contribution in [2.24, 2.45) is 0 Å². The maximum Gasteiger partial charge on any atom is 0.137 e. The van der Waals surface area contributed by atoms with E-state index in [0.29, 0.717) is 5.15 Å². The third kappa shape index (κ3) is 2.13. The molecule has 0 bridgehead atoms. The summed E-state index contributed by atoms with van der Waals surface area (Å²) in [6.45, 7) is 1.96. The molecule has 0 fully saturated rings. The molecule has 0 N–H and O–H groups in total. The monoisotopic (exact) mass is 304 g/mol. The molecule has 0 saturated heterocycles. The summed E-state index contributed by atoms with van der Waals surface area (Å²) in [5.74, 6) is 0. The van der Waals surface area contributed by atoms with Crippen LogP contribution in [0.2, 0.25) is 5.15 Å². The van der Waals surface area contributed by atoms with E-state index in [0.717, 1.165) is 38.5 Å². The molecule has 0 aliphatic rings. The molecular formula is C19H13ClN2. The predicted molar refractivity (Wildman–Crippen MR) is 92.2 cm³/mol.